The summed E-state index contributed by atoms with van der Waals surface area (Å²) in [5, 5.41) is 7.06. The highest BCUT2D eigenvalue weighted by Crippen LogP contribution is 2.60. The first-order chi connectivity index (χ1) is 21.4. The van der Waals surface area contributed by atoms with Crippen LogP contribution in [0.25, 0.3) is 0 Å². The van der Waals surface area contributed by atoms with Crippen LogP contribution >= 0.6 is 15.8 Å². The number of hydrogen-bond acceptors (Lipinski definition) is 1. The largest absolute Gasteiger partial charge is 0.296 e. The molecule has 1 atom stereocenters. The molecule has 0 amide bonds. The summed E-state index contributed by atoms with van der Waals surface area (Å²) in [6.07, 6.45) is 9.64. The normalized spacial score (nSPS) is 17.2. The van der Waals surface area contributed by atoms with Gasteiger partial charge in [-0.3, -0.25) is 4.90 Å². The molecule has 7 rings (SSSR count). The van der Waals surface area contributed by atoms with Gasteiger partial charge in [0.15, 0.2) is 0 Å². The summed E-state index contributed by atoms with van der Waals surface area (Å²) >= 11 is 0. The lowest BCUT2D eigenvalue weighted by Crippen LogP contribution is -2.36. The lowest BCUT2D eigenvalue weighted by atomic mass is 9.90. The van der Waals surface area contributed by atoms with Crippen molar-refractivity contribution in [3.63, 3.8) is 0 Å². The number of benzene rings is 5. The molecule has 1 aliphatic carbocycles. The summed E-state index contributed by atoms with van der Waals surface area (Å²) in [4.78, 5) is 2.75. The van der Waals surface area contributed by atoms with E-state index in [1.165, 1.54) is 56.5 Å². The fraction of sp³-hybridized carbons (Fsp3) is 0.125. The zero-order valence-electron chi connectivity index (χ0n) is 24.3. The Labute approximate surface area is 260 Å². The standard InChI is InChI=1S/C40H36NP2/c1-5-18-32(19-6-1)42(33-20-7-2-8-21-33)38-28-14-13-26-36(38)40(41-30-15-16-31-41)37-27-17-29-39(37)43(34-22-9-3-10-23-34)35-24-11-4-12-25-35/h1-14,17-29,40H,15-16,30-31H2/t40-/m1/s1. The monoisotopic (exact) mass is 592 g/mol. The van der Waals surface area contributed by atoms with E-state index in [2.05, 4.69) is 170 Å². The molecule has 5 radical (unpaired) electrons. The Morgan fingerprint density at radius 1 is 0.465 bits per heavy atom. The summed E-state index contributed by atoms with van der Waals surface area (Å²) < 4.78 is 0. The lowest BCUT2D eigenvalue weighted by molar-refractivity contribution is 0.263. The van der Waals surface area contributed by atoms with Gasteiger partial charge in [-0.05, 0) is 93.1 Å². The van der Waals surface area contributed by atoms with E-state index < -0.39 is 15.8 Å². The molecule has 43 heavy (non-hydrogen) atoms. The van der Waals surface area contributed by atoms with Gasteiger partial charge in [0.25, 0.3) is 0 Å². The summed E-state index contributed by atoms with van der Waals surface area (Å²) in [6.45, 7) is 2.26. The second-order valence-corrected chi connectivity index (χ2v) is 15.5. The molecule has 1 saturated heterocycles. The number of hydrogen-bond donors (Lipinski definition) is 0. The molecule has 211 valence electrons. The van der Waals surface area contributed by atoms with Crippen LogP contribution in [0.4, 0.5) is 0 Å². The van der Waals surface area contributed by atoms with Gasteiger partial charge in [0, 0.05) is 17.6 Å². The first-order valence-electron chi connectivity index (χ1n) is 15.3. The summed E-state index contributed by atoms with van der Waals surface area (Å²) in [6, 6.07) is 54.1. The van der Waals surface area contributed by atoms with Crippen molar-refractivity contribution in [1.82, 2.24) is 4.90 Å². The Morgan fingerprint density at radius 3 is 1.42 bits per heavy atom. The van der Waals surface area contributed by atoms with Crippen molar-refractivity contribution in [1.29, 1.82) is 0 Å². The summed E-state index contributed by atoms with van der Waals surface area (Å²) in [5.41, 5.74) is 2.93. The fourth-order valence-electron chi connectivity index (χ4n) is 6.51. The molecule has 5 aromatic rings. The molecule has 5 aromatic carbocycles. The zero-order chi connectivity index (χ0) is 28.8. The summed E-state index contributed by atoms with van der Waals surface area (Å²) in [5.74, 6) is 1.46. The number of nitrogens with zero attached hydrogens (tertiary/aromatic N) is 1. The maximum atomic E-state index is 2.75. The Hall–Kier alpha value is -3.08. The molecular weight excluding hydrogens is 556 g/mol. The van der Waals surface area contributed by atoms with Crippen LogP contribution in [0.3, 0.4) is 0 Å². The van der Waals surface area contributed by atoms with Crippen molar-refractivity contribution in [3.8, 4) is 0 Å². The zero-order valence-corrected chi connectivity index (χ0v) is 26.1. The highest BCUT2D eigenvalue weighted by molar-refractivity contribution is 7.80. The molecule has 1 saturated carbocycles. The van der Waals surface area contributed by atoms with Crippen molar-refractivity contribution < 1.29 is 0 Å². The van der Waals surface area contributed by atoms with E-state index >= 15 is 0 Å². The predicted molar refractivity (Wildman–Crippen MR) is 187 cm³/mol. The third-order valence-corrected chi connectivity index (χ3v) is 13.4. The minimum atomic E-state index is -0.724. The minimum Gasteiger partial charge on any atom is -0.296 e. The Balaban J connectivity index is 1.37. The molecular formula is C40H36NP2. The Kier molecular flexibility index (Phi) is 9.13. The predicted octanol–water partition coefficient (Wildman–Crippen LogP) is 7.45. The highest BCUT2D eigenvalue weighted by Gasteiger charge is 2.45. The number of likely N-dealkylation sites (tertiary alicyclic amines) is 1. The van der Waals surface area contributed by atoms with E-state index in [0.29, 0.717) is 0 Å². The van der Waals surface area contributed by atoms with Gasteiger partial charge in [-0.1, -0.05) is 146 Å². The lowest BCUT2D eigenvalue weighted by Gasteiger charge is -2.40. The van der Waals surface area contributed by atoms with Crippen molar-refractivity contribution in [2.45, 2.75) is 18.9 Å². The third-order valence-electron chi connectivity index (χ3n) is 8.40. The van der Waals surface area contributed by atoms with Gasteiger partial charge < -0.3 is 0 Å². The van der Waals surface area contributed by atoms with Crippen molar-refractivity contribution in [2.75, 3.05) is 13.1 Å². The first kappa shape index (κ1) is 28.7. The van der Waals surface area contributed by atoms with Crippen LogP contribution in [0.15, 0.2) is 146 Å². The molecule has 0 spiro atoms. The van der Waals surface area contributed by atoms with Crippen molar-refractivity contribution in [2.24, 2.45) is 0 Å². The van der Waals surface area contributed by atoms with Gasteiger partial charge in [0.2, 0.25) is 0 Å². The van der Waals surface area contributed by atoms with E-state index in [-0.39, 0.29) is 6.04 Å². The van der Waals surface area contributed by atoms with Crippen LogP contribution in [0, 0.1) is 30.8 Å². The van der Waals surface area contributed by atoms with Crippen LogP contribution < -0.4 is 26.5 Å². The van der Waals surface area contributed by atoms with Gasteiger partial charge in [0.1, 0.15) is 0 Å². The molecule has 1 aliphatic heterocycles. The van der Waals surface area contributed by atoms with E-state index in [1.807, 2.05) is 0 Å². The molecule has 0 N–H and O–H groups in total. The first-order valence-corrected chi connectivity index (χ1v) is 18.0. The average Bonchev–Trinajstić information content (AvgIpc) is 3.78. The number of rotatable bonds is 9. The van der Waals surface area contributed by atoms with Crippen LogP contribution in [0.2, 0.25) is 0 Å². The van der Waals surface area contributed by atoms with Gasteiger partial charge in [-0.2, -0.15) is 0 Å². The van der Waals surface area contributed by atoms with E-state index in [4.69, 9.17) is 0 Å². The fourth-order valence-corrected chi connectivity index (χ4v) is 11.5. The highest BCUT2D eigenvalue weighted by atomic mass is 31.1. The van der Waals surface area contributed by atoms with Gasteiger partial charge in [-0.25, -0.2) is 0 Å². The van der Waals surface area contributed by atoms with Crippen LogP contribution in [-0.2, 0) is 0 Å². The second-order valence-electron chi connectivity index (χ2n) is 11.1. The smallest absolute Gasteiger partial charge is 0.0429 e. The molecule has 3 heteroatoms. The van der Waals surface area contributed by atoms with Gasteiger partial charge >= 0.3 is 0 Å². The molecule has 1 heterocycles. The third kappa shape index (κ3) is 6.14. The second kappa shape index (κ2) is 13.7. The van der Waals surface area contributed by atoms with E-state index in [0.717, 1.165) is 13.1 Å². The molecule has 2 fully saturated rings. The Morgan fingerprint density at radius 2 is 0.907 bits per heavy atom. The van der Waals surface area contributed by atoms with Crippen LogP contribution in [0.5, 0.6) is 0 Å². The molecule has 2 aliphatic rings. The Bertz CT molecular complexity index is 1490. The summed E-state index contributed by atoms with van der Waals surface area (Å²) in [7, 11) is -1.42. The average molecular weight is 593 g/mol. The van der Waals surface area contributed by atoms with Gasteiger partial charge in [0.05, 0.1) is 0 Å². The molecule has 0 aromatic heterocycles. The van der Waals surface area contributed by atoms with Crippen LogP contribution in [-0.4, -0.2) is 18.0 Å². The van der Waals surface area contributed by atoms with E-state index in [9.17, 15) is 0 Å². The van der Waals surface area contributed by atoms with Crippen molar-refractivity contribution >= 4 is 42.4 Å². The minimum absolute atomic E-state index is 0.207. The topological polar surface area (TPSA) is 3.24 Å². The quantitative estimate of drug-likeness (QED) is 0.161. The molecule has 0 bridgehead atoms. The van der Waals surface area contributed by atoms with Gasteiger partial charge in [-0.15, -0.1) is 0 Å². The van der Waals surface area contributed by atoms with E-state index in [1.54, 1.807) is 0 Å². The van der Waals surface area contributed by atoms with Crippen LogP contribution in [0.1, 0.15) is 24.4 Å². The maximum absolute atomic E-state index is 2.75. The molecule has 1 nitrogen and oxygen atoms in total. The molecule has 0 unspecified atom stereocenters. The SMILES string of the molecule is [CH]1[CH][C]([C@@H](c2ccccc2P(c2ccccc2)c2ccccc2)N2CCCC2)[C](P(c2ccccc2)c2ccccc2)[CH]1. The maximum Gasteiger partial charge on any atom is 0.0429 e. The van der Waals surface area contributed by atoms with Crippen molar-refractivity contribution in [3.05, 3.63) is 182 Å².